The molecule has 0 rings (SSSR count). The molecule has 0 aliphatic rings. The highest BCUT2D eigenvalue weighted by molar-refractivity contribution is 4.34. The summed E-state index contributed by atoms with van der Waals surface area (Å²) >= 11 is 0. The average molecular weight is 210 g/mol. The number of hydrogen-bond donors (Lipinski definition) is 3. The summed E-state index contributed by atoms with van der Waals surface area (Å²) in [4.78, 5) is 0. The van der Waals surface area contributed by atoms with Crippen molar-refractivity contribution < 1.29 is 19.3 Å². The van der Waals surface area contributed by atoms with Crippen LogP contribution in [0.15, 0.2) is 0 Å². The van der Waals surface area contributed by atoms with Crippen LogP contribution in [-0.2, 0) is 14.2 Å². The Kier molecular flexibility index (Phi) is 17.6. The van der Waals surface area contributed by atoms with Crippen LogP contribution in [0.1, 0.15) is 0 Å². The van der Waals surface area contributed by atoms with E-state index in [2.05, 4.69) is 0 Å². The second-order valence-corrected chi connectivity index (χ2v) is 2.35. The van der Waals surface area contributed by atoms with E-state index in [0.29, 0.717) is 46.2 Å². The minimum absolute atomic E-state index is 0. The fraction of sp³-hybridized carbons (Fsp3) is 1.00. The molecular weight excluding hydrogens is 188 g/mol. The quantitative estimate of drug-likeness (QED) is 0.405. The van der Waals surface area contributed by atoms with Crippen molar-refractivity contribution in [3.05, 3.63) is 0 Å². The van der Waals surface area contributed by atoms with Crippen molar-refractivity contribution in [2.75, 3.05) is 52.8 Å². The zero-order chi connectivity index (χ0) is 9.78. The largest absolute Gasteiger partial charge is 0.394 e. The van der Waals surface area contributed by atoms with E-state index >= 15 is 0 Å². The van der Waals surface area contributed by atoms with Crippen LogP contribution in [0.3, 0.4) is 0 Å². The van der Waals surface area contributed by atoms with Gasteiger partial charge in [-0.2, -0.15) is 0 Å². The van der Waals surface area contributed by atoms with Gasteiger partial charge in [-0.25, -0.2) is 0 Å². The van der Waals surface area contributed by atoms with Crippen LogP contribution in [-0.4, -0.2) is 57.9 Å². The van der Waals surface area contributed by atoms with Crippen LogP contribution in [0.5, 0.6) is 0 Å². The lowest BCUT2D eigenvalue weighted by atomic mass is 10.7. The van der Waals surface area contributed by atoms with E-state index in [-0.39, 0.29) is 12.8 Å². The summed E-state index contributed by atoms with van der Waals surface area (Å²) in [5, 5.41) is 8.37. The zero-order valence-electron chi connectivity index (χ0n) is 8.61. The average Bonchev–Trinajstić information content (AvgIpc) is 2.16. The molecule has 0 aromatic heterocycles. The molecule has 0 unspecified atom stereocenters. The summed E-state index contributed by atoms with van der Waals surface area (Å²) in [6, 6.07) is 0. The third-order valence-corrected chi connectivity index (χ3v) is 1.24. The Morgan fingerprint density at radius 1 is 0.786 bits per heavy atom. The van der Waals surface area contributed by atoms with E-state index in [4.69, 9.17) is 25.1 Å². The summed E-state index contributed by atoms with van der Waals surface area (Å²) in [6.07, 6.45) is 0. The van der Waals surface area contributed by atoms with Crippen molar-refractivity contribution in [2.45, 2.75) is 0 Å². The molecule has 0 aromatic carbocycles. The smallest absolute Gasteiger partial charge is 0.0701 e. The first-order valence-electron chi connectivity index (χ1n) is 4.46. The minimum Gasteiger partial charge on any atom is -0.394 e. The summed E-state index contributed by atoms with van der Waals surface area (Å²) in [5.41, 5.74) is 5.21. The molecule has 6 N–H and O–H groups in total. The fourth-order valence-electron chi connectivity index (χ4n) is 0.690. The van der Waals surface area contributed by atoms with Crippen molar-refractivity contribution in [1.29, 1.82) is 0 Å². The van der Waals surface area contributed by atoms with E-state index in [0.717, 1.165) is 0 Å². The highest BCUT2D eigenvalue weighted by Gasteiger charge is 1.89. The number of ether oxygens (including phenoxy) is 3. The number of aliphatic hydroxyl groups excluding tert-OH is 1. The molecule has 6 heteroatoms. The first kappa shape index (κ1) is 16.2. The van der Waals surface area contributed by atoms with Crippen LogP contribution < -0.4 is 11.9 Å². The predicted molar refractivity (Wildman–Crippen MR) is 53.6 cm³/mol. The molecule has 0 aromatic rings. The minimum atomic E-state index is 0. The monoisotopic (exact) mass is 210 g/mol. The van der Waals surface area contributed by atoms with E-state index in [1.807, 2.05) is 0 Å². The van der Waals surface area contributed by atoms with Gasteiger partial charge in [0.2, 0.25) is 0 Å². The standard InChI is InChI=1S/C8H19NO4.H3N/c9-1-3-11-5-7-13-8-6-12-4-2-10;/h10H,1-9H2;1H3. The molecule has 0 amide bonds. The molecule has 0 saturated heterocycles. The van der Waals surface area contributed by atoms with Crippen LogP contribution in [0.4, 0.5) is 0 Å². The second kappa shape index (κ2) is 15.2. The molecule has 14 heavy (non-hydrogen) atoms. The lowest BCUT2D eigenvalue weighted by molar-refractivity contribution is 0.00888. The molecule has 0 heterocycles. The molecule has 0 bridgehead atoms. The molecule has 88 valence electrons. The molecule has 6 nitrogen and oxygen atoms in total. The Morgan fingerprint density at radius 2 is 1.21 bits per heavy atom. The van der Waals surface area contributed by atoms with Crippen molar-refractivity contribution in [3.63, 3.8) is 0 Å². The van der Waals surface area contributed by atoms with E-state index in [1.54, 1.807) is 0 Å². The highest BCUT2D eigenvalue weighted by atomic mass is 16.5. The number of hydrogen-bond acceptors (Lipinski definition) is 6. The maximum absolute atomic E-state index is 8.37. The Morgan fingerprint density at radius 3 is 1.64 bits per heavy atom. The predicted octanol–water partition coefficient (Wildman–Crippen LogP) is -0.851. The maximum atomic E-state index is 8.37. The lowest BCUT2D eigenvalue weighted by Gasteiger charge is -2.04. The molecule has 0 atom stereocenters. The van der Waals surface area contributed by atoms with Gasteiger partial charge < -0.3 is 31.2 Å². The first-order chi connectivity index (χ1) is 6.41. The Labute approximate surface area is 84.9 Å². The second-order valence-electron chi connectivity index (χ2n) is 2.35. The summed E-state index contributed by atoms with van der Waals surface area (Å²) in [5.74, 6) is 0. The van der Waals surface area contributed by atoms with Gasteiger partial charge in [0.25, 0.3) is 0 Å². The van der Waals surface area contributed by atoms with Gasteiger partial charge in [-0.3, -0.25) is 0 Å². The van der Waals surface area contributed by atoms with E-state index < -0.39 is 0 Å². The molecule has 0 fully saturated rings. The van der Waals surface area contributed by atoms with Gasteiger partial charge in [0.05, 0.1) is 46.2 Å². The van der Waals surface area contributed by atoms with E-state index in [9.17, 15) is 0 Å². The number of aliphatic hydroxyl groups is 1. The zero-order valence-corrected chi connectivity index (χ0v) is 8.61. The summed E-state index contributed by atoms with van der Waals surface area (Å²) in [6.45, 7) is 3.71. The third kappa shape index (κ3) is 14.3. The lowest BCUT2D eigenvalue weighted by Crippen LogP contribution is -2.14. The Hall–Kier alpha value is -0.240. The Balaban J connectivity index is 0. The van der Waals surface area contributed by atoms with Crippen molar-refractivity contribution >= 4 is 0 Å². The molecule has 0 aliphatic heterocycles. The van der Waals surface area contributed by atoms with Crippen LogP contribution >= 0.6 is 0 Å². The normalized spacial score (nSPS) is 9.86. The van der Waals surface area contributed by atoms with Crippen molar-refractivity contribution in [1.82, 2.24) is 6.15 Å². The molecule has 0 saturated carbocycles. The number of nitrogens with two attached hydrogens (primary N) is 1. The van der Waals surface area contributed by atoms with Crippen LogP contribution in [0.25, 0.3) is 0 Å². The van der Waals surface area contributed by atoms with Crippen molar-refractivity contribution in [3.8, 4) is 0 Å². The number of rotatable bonds is 10. The summed E-state index contributed by atoms with van der Waals surface area (Å²) < 4.78 is 15.2. The van der Waals surface area contributed by atoms with Gasteiger partial charge in [0.1, 0.15) is 0 Å². The molecule has 0 radical (unpaired) electrons. The topological polar surface area (TPSA) is 109 Å². The highest BCUT2D eigenvalue weighted by Crippen LogP contribution is 1.80. The van der Waals surface area contributed by atoms with Crippen molar-refractivity contribution in [2.24, 2.45) is 5.73 Å². The first-order valence-corrected chi connectivity index (χ1v) is 4.46. The fourth-order valence-corrected chi connectivity index (χ4v) is 0.690. The molecule has 0 aliphatic carbocycles. The maximum Gasteiger partial charge on any atom is 0.0701 e. The van der Waals surface area contributed by atoms with Crippen LogP contribution in [0.2, 0.25) is 0 Å². The SMILES string of the molecule is N.NCCOCCOCCOCCO. The van der Waals surface area contributed by atoms with Gasteiger partial charge in [0.15, 0.2) is 0 Å². The summed E-state index contributed by atoms with van der Waals surface area (Å²) in [7, 11) is 0. The van der Waals surface area contributed by atoms with Gasteiger partial charge >= 0.3 is 0 Å². The third-order valence-electron chi connectivity index (χ3n) is 1.24. The Bertz CT molecular complexity index is 85.4. The van der Waals surface area contributed by atoms with Crippen LogP contribution in [0, 0.1) is 0 Å². The van der Waals surface area contributed by atoms with Gasteiger partial charge in [-0.05, 0) is 0 Å². The van der Waals surface area contributed by atoms with Gasteiger partial charge in [-0.15, -0.1) is 0 Å². The molecular formula is C8H22N2O4. The van der Waals surface area contributed by atoms with Gasteiger partial charge in [-0.1, -0.05) is 0 Å². The molecule has 0 spiro atoms. The van der Waals surface area contributed by atoms with Gasteiger partial charge in [0, 0.05) is 6.54 Å². The van der Waals surface area contributed by atoms with E-state index in [1.165, 1.54) is 0 Å².